The highest BCUT2D eigenvalue weighted by atomic mass is 31.3. The number of aromatic amines is 1. The molecule has 0 amide bonds. The third kappa shape index (κ3) is 6.37. The molecule has 9 N–H and O–H groups in total. The van der Waals surface area contributed by atoms with E-state index in [1.165, 1.54) is 19.4 Å². The molecule has 23 nitrogen and oxygen atoms in total. The van der Waals surface area contributed by atoms with Gasteiger partial charge in [0.2, 0.25) is 0 Å². The van der Waals surface area contributed by atoms with Gasteiger partial charge in [0.1, 0.15) is 12.2 Å². The normalized spacial score (nSPS) is 38.1. The van der Waals surface area contributed by atoms with Crippen molar-refractivity contribution in [1.29, 1.82) is 0 Å². The zero-order valence-electron chi connectivity index (χ0n) is 25.1. The molecule has 4 aliphatic rings. The maximum atomic E-state index is 12.6. The molecular weight excluding hydrogens is 727 g/mol. The molecule has 3 unspecified atom stereocenters. The summed E-state index contributed by atoms with van der Waals surface area (Å²) in [6, 6.07) is 2.39. The summed E-state index contributed by atoms with van der Waals surface area (Å²) in [6.07, 6.45) is -3.70. The highest BCUT2D eigenvalue weighted by Crippen LogP contribution is 2.70. The van der Waals surface area contributed by atoms with Crippen LogP contribution in [-0.4, -0.2) is 98.9 Å². The van der Waals surface area contributed by atoms with Crippen LogP contribution in [0.2, 0.25) is 0 Å². The van der Waals surface area contributed by atoms with E-state index in [-0.39, 0.29) is 18.7 Å². The predicted octanol–water partition coefficient (Wildman–Crippen LogP) is -2.73. The molecule has 0 spiro atoms. The molecular formula is C23H32N5O18P3. The molecule has 272 valence electrons. The second-order valence-corrected chi connectivity index (χ2v) is 16.8. The number of aliphatic hydroxyl groups excluding tert-OH is 4. The summed E-state index contributed by atoms with van der Waals surface area (Å²) in [5.41, 5.74) is -2.72. The Morgan fingerprint density at radius 3 is 1.80 bits per heavy atom. The van der Waals surface area contributed by atoms with Crippen LogP contribution in [-0.2, 0) is 47.3 Å². The van der Waals surface area contributed by atoms with E-state index in [1.54, 1.807) is 0 Å². The summed E-state index contributed by atoms with van der Waals surface area (Å²) in [5, 5.41) is 42.6. The van der Waals surface area contributed by atoms with E-state index in [1.807, 2.05) is 4.98 Å². The summed E-state index contributed by atoms with van der Waals surface area (Å²) in [6.45, 7) is -1.71. The van der Waals surface area contributed by atoms with Crippen molar-refractivity contribution in [3.63, 3.8) is 0 Å². The molecule has 4 aliphatic carbocycles. The number of hydrogen-bond acceptors (Lipinski definition) is 17. The molecule has 2 aromatic rings. The van der Waals surface area contributed by atoms with Gasteiger partial charge in [-0.15, -0.1) is 0 Å². The number of aliphatic hydroxyl groups is 4. The Bertz CT molecular complexity index is 1960. The fourth-order valence-corrected chi connectivity index (χ4v) is 11.0. The Hall–Kier alpha value is -2.43. The quantitative estimate of drug-likeness (QED) is 0.0697. The van der Waals surface area contributed by atoms with Crippen LogP contribution in [0.5, 0.6) is 0 Å². The fraction of sp³-hybridized carbons (Fsp3) is 0.652. The second-order valence-electron chi connectivity index (χ2n) is 12.2. The summed E-state index contributed by atoms with van der Waals surface area (Å²) in [4.78, 5) is 76.9. The first-order chi connectivity index (χ1) is 22.8. The molecule has 0 bridgehead atoms. The highest BCUT2D eigenvalue weighted by Gasteiger charge is 2.73. The standard InChI is InChI=1S/C23H32N5O18P3/c1-42-26-14-2-4-27(20(34)24-14)22-6-12(22)10(16(30)18(22)32)8-43-47(36,37)45-49(40,41)46-48(38,39)44-9-11-13-7-23(13,19(33)17(11)31)28-5-3-15(29)25-21(28)35/h2-5,10-13,16-19,30-33H,6-9H2,1H3,(H,36,37)(H,38,39)(H,40,41)(H,24,26,34)(H,25,29,35)/t10-,11-,12-,13-,16+,17+,18+,19+,22+,23+/m0/s1. The van der Waals surface area contributed by atoms with E-state index in [9.17, 15) is 63.2 Å². The first-order valence-corrected chi connectivity index (χ1v) is 18.9. The van der Waals surface area contributed by atoms with Gasteiger partial charge in [0.25, 0.3) is 5.56 Å². The average Bonchev–Trinajstić information content (AvgIpc) is 3.87. The minimum atomic E-state index is -5.92. The molecule has 26 heteroatoms. The van der Waals surface area contributed by atoms with Crippen LogP contribution in [0, 0.1) is 23.7 Å². The molecule has 0 radical (unpaired) electrons. The van der Waals surface area contributed by atoms with Crippen LogP contribution in [0.3, 0.4) is 0 Å². The lowest BCUT2D eigenvalue weighted by molar-refractivity contribution is -0.0285. The minimum Gasteiger partial charge on any atom is -0.390 e. The Balaban J connectivity index is 1.04. The zero-order valence-corrected chi connectivity index (χ0v) is 27.7. The van der Waals surface area contributed by atoms with Gasteiger partial charge < -0.3 is 35.1 Å². The van der Waals surface area contributed by atoms with Crippen molar-refractivity contribution in [2.24, 2.45) is 23.7 Å². The molecule has 0 saturated heterocycles. The Morgan fingerprint density at radius 2 is 1.33 bits per heavy atom. The van der Waals surface area contributed by atoms with E-state index in [2.05, 4.69) is 23.9 Å². The number of fused-ring (bicyclic) bond motifs is 2. The second kappa shape index (κ2) is 12.4. The van der Waals surface area contributed by atoms with Crippen LogP contribution >= 0.6 is 23.5 Å². The number of rotatable bonds is 14. The van der Waals surface area contributed by atoms with Crippen LogP contribution in [0.1, 0.15) is 12.8 Å². The SMILES string of the molecule is CONc1ccn([C@]23C[C@H]2[C@H](COP(=O)(O)OP(=O)(O)OP(=O)(O)OC[C@@H]2[C@@H](O)[C@@H](O)[C@@]4(n5ccc(=O)[nH]c5=O)C[C@@H]24)[C@@H](O)[C@H]3O)c(=O)n1. The fourth-order valence-electron chi connectivity index (χ4n) is 7.42. The Kier molecular flexibility index (Phi) is 9.17. The lowest BCUT2D eigenvalue weighted by atomic mass is 10.0. The molecule has 0 aliphatic heterocycles. The summed E-state index contributed by atoms with van der Waals surface area (Å²) in [7, 11) is -15.8. The molecule has 4 saturated carbocycles. The minimum absolute atomic E-state index is 0.0672. The molecule has 0 aromatic carbocycles. The van der Waals surface area contributed by atoms with Gasteiger partial charge in [0, 0.05) is 30.3 Å². The monoisotopic (exact) mass is 759 g/mol. The number of phosphoric ester groups is 2. The van der Waals surface area contributed by atoms with Crippen LogP contribution in [0.25, 0.3) is 0 Å². The van der Waals surface area contributed by atoms with Crippen molar-refractivity contribution in [2.75, 3.05) is 25.8 Å². The molecule has 2 heterocycles. The Labute approximate surface area is 273 Å². The predicted molar refractivity (Wildman–Crippen MR) is 157 cm³/mol. The van der Waals surface area contributed by atoms with Crippen molar-refractivity contribution in [1.82, 2.24) is 19.1 Å². The van der Waals surface area contributed by atoms with E-state index in [4.69, 9.17) is 9.05 Å². The molecule has 13 atom stereocenters. The van der Waals surface area contributed by atoms with Gasteiger partial charge in [-0.3, -0.25) is 32.8 Å². The molecule has 2 aromatic heterocycles. The van der Waals surface area contributed by atoms with E-state index >= 15 is 0 Å². The zero-order chi connectivity index (χ0) is 35.9. The van der Waals surface area contributed by atoms with Crippen molar-refractivity contribution < 1.29 is 71.3 Å². The van der Waals surface area contributed by atoms with Crippen LogP contribution < -0.4 is 22.4 Å². The first-order valence-electron chi connectivity index (χ1n) is 14.4. The molecule has 6 rings (SSSR count). The summed E-state index contributed by atoms with van der Waals surface area (Å²) < 4.78 is 57.3. The van der Waals surface area contributed by atoms with Gasteiger partial charge in [0.05, 0.1) is 43.6 Å². The first kappa shape index (κ1) is 36.4. The van der Waals surface area contributed by atoms with Gasteiger partial charge in [-0.05, 0) is 30.7 Å². The number of H-pyrrole nitrogens is 1. The van der Waals surface area contributed by atoms with Crippen molar-refractivity contribution in [3.05, 3.63) is 55.8 Å². The number of phosphoric acid groups is 3. The van der Waals surface area contributed by atoms with Gasteiger partial charge in [-0.1, -0.05) is 0 Å². The van der Waals surface area contributed by atoms with E-state index in [0.717, 1.165) is 21.4 Å². The molecule has 4 fully saturated rings. The van der Waals surface area contributed by atoms with Crippen molar-refractivity contribution >= 4 is 29.3 Å². The maximum Gasteiger partial charge on any atom is 0.490 e. The van der Waals surface area contributed by atoms with Gasteiger partial charge >= 0.3 is 34.8 Å². The highest BCUT2D eigenvalue weighted by molar-refractivity contribution is 7.66. The maximum absolute atomic E-state index is 12.6. The largest absolute Gasteiger partial charge is 0.490 e. The lowest BCUT2D eigenvalue weighted by Crippen LogP contribution is -2.44. The van der Waals surface area contributed by atoms with Gasteiger partial charge in [-0.25, -0.2) is 28.8 Å². The number of aromatic nitrogens is 4. The smallest absolute Gasteiger partial charge is 0.390 e. The number of hydrogen-bond donors (Lipinski definition) is 9. The van der Waals surface area contributed by atoms with E-state index in [0.29, 0.717) is 0 Å². The molecule has 49 heavy (non-hydrogen) atoms. The van der Waals surface area contributed by atoms with Gasteiger partial charge in [-0.2, -0.15) is 13.6 Å². The topological polar surface area (TPSA) is 341 Å². The van der Waals surface area contributed by atoms with Crippen LogP contribution in [0.4, 0.5) is 5.82 Å². The third-order valence-corrected chi connectivity index (χ3v) is 13.9. The van der Waals surface area contributed by atoms with Crippen LogP contribution in [0.15, 0.2) is 38.9 Å². The van der Waals surface area contributed by atoms with Crippen molar-refractivity contribution in [2.45, 2.75) is 48.3 Å². The summed E-state index contributed by atoms with van der Waals surface area (Å²) in [5.74, 6) is -3.53. The lowest BCUT2D eigenvalue weighted by Gasteiger charge is -2.25. The number of nitrogens with zero attached hydrogens (tertiary/aromatic N) is 3. The number of nitrogens with one attached hydrogen (secondary N) is 2. The van der Waals surface area contributed by atoms with E-state index < -0.39 is 113 Å². The van der Waals surface area contributed by atoms with Crippen molar-refractivity contribution in [3.8, 4) is 0 Å². The van der Waals surface area contributed by atoms with Gasteiger partial charge in [0.15, 0.2) is 5.82 Å². The average molecular weight is 759 g/mol. The Morgan fingerprint density at radius 1 is 0.837 bits per heavy atom. The number of anilines is 1. The third-order valence-electron chi connectivity index (χ3n) is 9.64. The summed E-state index contributed by atoms with van der Waals surface area (Å²) >= 11 is 0.